The molecule has 0 saturated carbocycles. The minimum absolute atomic E-state index is 0.390. The molecular weight excluding hydrogens is 314 g/mol. The Labute approximate surface area is 139 Å². The maximum atomic E-state index is 6.35. The first kappa shape index (κ1) is 15.4. The molecule has 4 nitrogen and oxygen atoms in total. The van der Waals surface area contributed by atoms with Crippen LogP contribution < -0.4 is 9.47 Å². The van der Waals surface area contributed by atoms with Crippen LogP contribution in [0.3, 0.4) is 0 Å². The highest BCUT2D eigenvalue weighted by molar-refractivity contribution is 6.50. The number of benzene rings is 2. The predicted octanol–water partition coefficient (Wildman–Crippen LogP) is 4.97. The summed E-state index contributed by atoms with van der Waals surface area (Å²) >= 11 is 6.35. The van der Waals surface area contributed by atoms with Crippen molar-refractivity contribution in [3.8, 4) is 11.5 Å². The van der Waals surface area contributed by atoms with Crippen molar-refractivity contribution in [2.75, 3.05) is 13.7 Å². The summed E-state index contributed by atoms with van der Waals surface area (Å²) in [5.74, 6) is 1.74. The van der Waals surface area contributed by atoms with Gasteiger partial charge in [-0.15, -0.1) is 0 Å². The van der Waals surface area contributed by atoms with Gasteiger partial charge in [-0.2, -0.15) is 0 Å². The molecule has 5 heteroatoms. The first-order valence-corrected chi connectivity index (χ1v) is 7.63. The van der Waals surface area contributed by atoms with Gasteiger partial charge in [-0.1, -0.05) is 29.8 Å². The third-order valence-corrected chi connectivity index (χ3v) is 3.55. The van der Waals surface area contributed by atoms with Gasteiger partial charge in [-0.3, -0.25) is 0 Å². The summed E-state index contributed by atoms with van der Waals surface area (Å²) in [5, 5.41) is 0.425. The second kappa shape index (κ2) is 6.75. The lowest BCUT2D eigenvalue weighted by molar-refractivity contribution is 0.311. The lowest BCUT2D eigenvalue weighted by Crippen LogP contribution is -1.95. The molecule has 0 saturated heterocycles. The molecule has 0 N–H and O–H groups in total. The van der Waals surface area contributed by atoms with Crippen LogP contribution >= 0.6 is 11.6 Å². The Morgan fingerprint density at radius 1 is 1.22 bits per heavy atom. The molecule has 0 aliphatic rings. The number of fused-ring (bicyclic) bond motifs is 1. The van der Waals surface area contributed by atoms with Crippen LogP contribution in [0.15, 0.2) is 46.9 Å². The number of para-hydroxylation sites is 2. The van der Waals surface area contributed by atoms with Gasteiger partial charge in [0.15, 0.2) is 17.1 Å². The average Bonchev–Trinajstić information content (AvgIpc) is 3.00. The van der Waals surface area contributed by atoms with Crippen molar-refractivity contribution in [3.05, 3.63) is 53.9 Å². The smallest absolute Gasteiger partial charge is 0.238 e. The summed E-state index contributed by atoms with van der Waals surface area (Å²) in [6, 6.07) is 13.1. The third kappa shape index (κ3) is 3.32. The second-order valence-corrected chi connectivity index (χ2v) is 5.23. The quantitative estimate of drug-likeness (QED) is 0.662. The lowest BCUT2D eigenvalue weighted by Gasteiger charge is -2.09. The van der Waals surface area contributed by atoms with E-state index in [1.807, 2.05) is 49.4 Å². The molecule has 0 aliphatic carbocycles. The Morgan fingerprint density at radius 3 is 2.78 bits per heavy atom. The number of aromatic nitrogens is 1. The Kier molecular flexibility index (Phi) is 4.53. The Bertz CT molecular complexity index is 821. The molecule has 0 aliphatic heterocycles. The first-order valence-electron chi connectivity index (χ1n) is 7.25. The molecule has 0 fully saturated rings. The van der Waals surface area contributed by atoms with E-state index in [0.29, 0.717) is 34.6 Å². The number of rotatable bonds is 5. The molecule has 0 bridgehead atoms. The fraction of sp³-hybridized carbons (Fsp3) is 0.167. The van der Waals surface area contributed by atoms with Crippen molar-refractivity contribution in [3.63, 3.8) is 0 Å². The standard InChI is InChI=1S/C18H16ClNO3/c1-3-22-17-11-12(8-9-16(17)21-2)10-13(19)18-20-14-6-4-5-7-15(14)23-18/h4-11H,3H2,1-2H3/b13-10-. The summed E-state index contributed by atoms with van der Waals surface area (Å²) in [5.41, 5.74) is 2.36. The van der Waals surface area contributed by atoms with E-state index in [9.17, 15) is 0 Å². The Balaban J connectivity index is 1.94. The van der Waals surface area contributed by atoms with Crippen LogP contribution in [0.1, 0.15) is 18.4 Å². The molecule has 0 atom stereocenters. The number of halogens is 1. The predicted molar refractivity (Wildman–Crippen MR) is 91.9 cm³/mol. The van der Waals surface area contributed by atoms with Crippen LogP contribution in [0.4, 0.5) is 0 Å². The molecule has 3 aromatic rings. The van der Waals surface area contributed by atoms with Gasteiger partial charge in [0.1, 0.15) is 10.5 Å². The van der Waals surface area contributed by atoms with Gasteiger partial charge in [-0.05, 0) is 42.8 Å². The van der Waals surface area contributed by atoms with Crippen LogP contribution in [-0.4, -0.2) is 18.7 Å². The van der Waals surface area contributed by atoms with E-state index in [0.717, 1.165) is 11.1 Å². The van der Waals surface area contributed by atoms with Gasteiger partial charge < -0.3 is 13.9 Å². The Hall–Kier alpha value is -2.46. The fourth-order valence-electron chi connectivity index (χ4n) is 2.23. The highest BCUT2D eigenvalue weighted by Gasteiger charge is 2.10. The van der Waals surface area contributed by atoms with Gasteiger partial charge >= 0.3 is 0 Å². The number of methoxy groups -OCH3 is 1. The van der Waals surface area contributed by atoms with E-state index < -0.39 is 0 Å². The maximum Gasteiger partial charge on any atom is 0.238 e. The molecule has 2 aromatic carbocycles. The molecule has 0 amide bonds. The highest BCUT2D eigenvalue weighted by atomic mass is 35.5. The average molecular weight is 330 g/mol. The molecule has 0 radical (unpaired) electrons. The van der Waals surface area contributed by atoms with Gasteiger partial charge in [0.2, 0.25) is 5.89 Å². The van der Waals surface area contributed by atoms with Crippen LogP contribution in [-0.2, 0) is 0 Å². The van der Waals surface area contributed by atoms with Crippen molar-refractivity contribution in [2.45, 2.75) is 6.92 Å². The Morgan fingerprint density at radius 2 is 2.04 bits per heavy atom. The van der Waals surface area contributed by atoms with Crippen LogP contribution in [0.2, 0.25) is 0 Å². The highest BCUT2D eigenvalue weighted by Crippen LogP contribution is 2.31. The van der Waals surface area contributed by atoms with Crippen LogP contribution in [0.25, 0.3) is 22.2 Å². The number of hydrogen-bond acceptors (Lipinski definition) is 4. The summed E-state index contributed by atoms with van der Waals surface area (Å²) in [6.45, 7) is 2.48. The van der Waals surface area contributed by atoms with Gasteiger partial charge in [0.25, 0.3) is 0 Å². The van der Waals surface area contributed by atoms with E-state index in [2.05, 4.69) is 4.98 Å². The molecule has 3 rings (SSSR count). The first-order chi connectivity index (χ1) is 11.2. The third-order valence-electron chi connectivity index (χ3n) is 3.28. The zero-order valence-corrected chi connectivity index (χ0v) is 13.6. The SMILES string of the molecule is CCOc1cc(/C=C(\Cl)c2nc3ccccc3o2)ccc1OC. The molecule has 118 valence electrons. The normalized spacial score (nSPS) is 11.7. The molecule has 0 unspecified atom stereocenters. The number of hydrogen-bond donors (Lipinski definition) is 0. The topological polar surface area (TPSA) is 44.5 Å². The molecule has 0 spiro atoms. The van der Waals surface area contributed by atoms with Crippen molar-refractivity contribution >= 4 is 33.8 Å². The van der Waals surface area contributed by atoms with Gasteiger partial charge in [0.05, 0.1) is 13.7 Å². The zero-order chi connectivity index (χ0) is 16.2. The van der Waals surface area contributed by atoms with E-state index >= 15 is 0 Å². The van der Waals surface area contributed by atoms with E-state index in [1.54, 1.807) is 13.2 Å². The van der Waals surface area contributed by atoms with E-state index in [-0.39, 0.29) is 0 Å². The van der Waals surface area contributed by atoms with Crippen molar-refractivity contribution < 1.29 is 13.9 Å². The minimum Gasteiger partial charge on any atom is -0.493 e. The monoisotopic (exact) mass is 329 g/mol. The summed E-state index contributed by atoms with van der Waals surface area (Å²) in [4.78, 5) is 4.38. The second-order valence-electron chi connectivity index (χ2n) is 4.82. The summed E-state index contributed by atoms with van der Waals surface area (Å²) < 4.78 is 16.5. The summed E-state index contributed by atoms with van der Waals surface area (Å²) in [6.07, 6.45) is 1.79. The molecule has 1 heterocycles. The number of nitrogens with zero attached hydrogens (tertiary/aromatic N) is 1. The molecule has 1 aromatic heterocycles. The van der Waals surface area contributed by atoms with E-state index in [1.165, 1.54) is 0 Å². The number of oxazole rings is 1. The maximum absolute atomic E-state index is 6.35. The van der Waals surface area contributed by atoms with Gasteiger partial charge in [0, 0.05) is 0 Å². The van der Waals surface area contributed by atoms with Crippen molar-refractivity contribution in [1.29, 1.82) is 0 Å². The summed E-state index contributed by atoms with van der Waals surface area (Å²) in [7, 11) is 1.61. The van der Waals surface area contributed by atoms with Crippen molar-refractivity contribution in [2.24, 2.45) is 0 Å². The molecular formula is C18H16ClNO3. The van der Waals surface area contributed by atoms with Crippen molar-refractivity contribution in [1.82, 2.24) is 4.98 Å². The largest absolute Gasteiger partial charge is 0.493 e. The van der Waals surface area contributed by atoms with Crippen LogP contribution in [0, 0.1) is 0 Å². The van der Waals surface area contributed by atoms with E-state index in [4.69, 9.17) is 25.5 Å². The lowest BCUT2D eigenvalue weighted by atomic mass is 10.2. The van der Waals surface area contributed by atoms with Crippen LogP contribution in [0.5, 0.6) is 11.5 Å². The zero-order valence-electron chi connectivity index (χ0n) is 12.9. The minimum atomic E-state index is 0.390. The van der Waals surface area contributed by atoms with Gasteiger partial charge in [-0.25, -0.2) is 4.98 Å². The fourth-order valence-corrected chi connectivity index (χ4v) is 2.44. The number of ether oxygens (including phenoxy) is 2. The molecule has 23 heavy (non-hydrogen) atoms.